The molecule has 0 fully saturated rings. The van der Waals surface area contributed by atoms with Crippen LogP contribution < -0.4 is 57.0 Å². The summed E-state index contributed by atoms with van der Waals surface area (Å²) in [6.07, 6.45) is 14.0. The van der Waals surface area contributed by atoms with E-state index < -0.39 is 44.4 Å². The fourth-order valence-electron chi connectivity index (χ4n) is 5.30. The number of nitrogens with one attached hydrogen (secondary N) is 1. The first kappa shape index (κ1) is 109. The number of hydrogen-bond donors (Lipinski definition) is 1. The summed E-state index contributed by atoms with van der Waals surface area (Å²) >= 11 is 3.87. The van der Waals surface area contributed by atoms with Crippen molar-refractivity contribution >= 4 is 36.2 Å². The molecule has 0 radical (unpaired) electrons. The minimum atomic E-state index is -0.905. The van der Waals surface area contributed by atoms with Crippen LogP contribution in [0.2, 0.25) is 0 Å². The first-order valence-corrected chi connectivity index (χ1v) is 34.6. The molecule has 3 rings (SSSR count). The van der Waals surface area contributed by atoms with Gasteiger partial charge in [-0.1, -0.05) is 131 Å². The van der Waals surface area contributed by atoms with Gasteiger partial charge >= 0.3 is 316 Å². The summed E-state index contributed by atoms with van der Waals surface area (Å²) in [5, 5.41) is 2.75. The Kier molecular flexibility index (Phi) is 104. The molecule has 496 valence electrons. The monoisotopic (exact) mass is 1720 g/mol. The van der Waals surface area contributed by atoms with Gasteiger partial charge < -0.3 is 19.5 Å². The van der Waals surface area contributed by atoms with Gasteiger partial charge in [0.1, 0.15) is 0 Å². The quantitative estimate of drug-likeness (QED) is 0.0430. The molecule has 0 aliphatic rings. The van der Waals surface area contributed by atoms with E-state index in [2.05, 4.69) is 10.1 Å². The van der Waals surface area contributed by atoms with Crippen LogP contribution in [0.5, 0.6) is 17.2 Å². The number of allylic oxidation sites excluding steroid dienone is 10. The average molecular weight is 1720 g/mol. The molecule has 0 bridgehead atoms. The zero-order chi connectivity index (χ0) is 71.3. The Morgan fingerprint density at radius 2 is 0.779 bits per heavy atom. The van der Waals surface area contributed by atoms with Gasteiger partial charge in [-0.3, -0.25) is 9.59 Å². The molecule has 0 amide bonds. The fourth-order valence-corrected chi connectivity index (χ4v) is 6.14. The van der Waals surface area contributed by atoms with Gasteiger partial charge in [-0.25, -0.2) is 0 Å². The van der Waals surface area contributed by atoms with Crippen LogP contribution in [0.3, 0.4) is 0 Å². The number of ketones is 3. The molecule has 1 N–H and O–H groups in total. The van der Waals surface area contributed by atoms with E-state index in [0.717, 1.165) is 0 Å². The van der Waals surface area contributed by atoms with E-state index >= 15 is 0 Å². The summed E-state index contributed by atoms with van der Waals surface area (Å²) in [7, 11) is 8.69. The molecule has 0 aliphatic heterocycles. The number of nitrogens with zero attached hydrogens (tertiary/aromatic N) is 1. The van der Waals surface area contributed by atoms with Gasteiger partial charge in [0.05, 0.1) is 26.6 Å². The third kappa shape index (κ3) is 50.1. The molecule has 3 aromatic carbocycles. The van der Waals surface area contributed by atoms with Crippen molar-refractivity contribution in [1.29, 1.82) is 0 Å². The maximum absolute atomic E-state index is 11.7. The standard InChI is InChI=1S/C14H14NO3.C14H13O4.C8H10O4.C8H9O.C4H8O.C2H7N.9C2H6.3W/c1-6-7-8(2)10(9(3)16)11-12(15(4)5)14(18)13(11)17;1-5-7-8(3)10(9(4)15)11-12(16)13(17)14(11)18-6-2;1-3-11-7-5(9)6(10)8(7)12-4-2;1-4-5-7(2)6-8(3)9;1-3-4-5-2;1-3-2;9*1-2;;;/h1-2,6-7,10H,3-5H3;1,3,5,7,10H,6H2,2,4H3;3-4H2,1-2H3;1-2,4-5H,6H2,3H3;3-4H,1-2H3;3H,1-2H3;9*1-2H3;;;/q2*-1;;-1;;;;;;;;;;;;;;/b;;;;4-3+;;;;;;;;;;;;;. The molecular weight excluding hydrogens is 1600 g/mol. The second-order valence-electron chi connectivity index (χ2n) is 13.6. The van der Waals surface area contributed by atoms with Crippen LogP contribution in [0, 0.1) is 19.7 Å². The molecule has 15 nitrogen and oxygen atoms in total. The predicted molar refractivity (Wildman–Crippen MR) is 362 cm³/mol. The zero-order valence-corrected chi connectivity index (χ0v) is 67.3. The van der Waals surface area contributed by atoms with E-state index in [1.54, 1.807) is 83.5 Å². The maximum atomic E-state index is 11.7. The van der Waals surface area contributed by atoms with Gasteiger partial charge in [0.25, 0.3) is 10.9 Å². The Morgan fingerprint density at radius 1 is 0.500 bits per heavy atom. The molecule has 0 saturated heterocycles. The van der Waals surface area contributed by atoms with E-state index in [1.165, 1.54) is 78.8 Å². The summed E-state index contributed by atoms with van der Waals surface area (Å²) in [4.78, 5) is 103. The Labute approximate surface area is 555 Å². The second-order valence-corrected chi connectivity index (χ2v) is 16.5. The Balaban J connectivity index is -0.0000000761. The van der Waals surface area contributed by atoms with Gasteiger partial charge in [-0.05, 0) is 34.9 Å². The first-order chi connectivity index (χ1) is 41.0. The fraction of sp³-hybridized carbons (Fsp3) is 0.529. The number of methoxy groups -OCH3 is 1. The molecular formula is C68H115N2O13W3-3. The average Bonchev–Trinajstić information content (AvgIpc) is 2.69. The second kappa shape index (κ2) is 82.1. The van der Waals surface area contributed by atoms with Gasteiger partial charge in [-0.2, -0.15) is 0 Å². The van der Waals surface area contributed by atoms with Gasteiger partial charge in [0, 0.05) is 0 Å². The normalized spacial score (nSPS) is 9.47. The summed E-state index contributed by atoms with van der Waals surface area (Å²) < 4.78 is 25.1. The molecule has 0 aromatic heterocycles. The number of carbonyl (C=O) groups is 3. The van der Waals surface area contributed by atoms with Crippen LogP contribution in [-0.4, -0.2) is 85.7 Å². The number of carbonyl (C=O) groups excluding carboxylic acids is 3. The van der Waals surface area contributed by atoms with E-state index in [-0.39, 0.29) is 69.2 Å². The van der Waals surface area contributed by atoms with Crippen molar-refractivity contribution in [2.45, 2.75) is 191 Å². The van der Waals surface area contributed by atoms with E-state index in [0.29, 0.717) is 25.2 Å². The summed E-state index contributed by atoms with van der Waals surface area (Å²) in [6, 6.07) is 0. The van der Waals surface area contributed by atoms with Crippen molar-refractivity contribution in [2.24, 2.45) is 0 Å². The Hall–Kier alpha value is -4.94. The van der Waals surface area contributed by atoms with Crippen molar-refractivity contribution in [3.05, 3.63) is 158 Å². The van der Waals surface area contributed by atoms with Crippen molar-refractivity contribution in [2.75, 3.05) is 60.0 Å². The molecule has 86 heavy (non-hydrogen) atoms. The van der Waals surface area contributed by atoms with Gasteiger partial charge in [-0.15, -0.1) is 0 Å². The predicted octanol–water partition coefficient (Wildman–Crippen LogP) is 12.5. The summed E-state index contributed by atoms with van der Waals surface area (Å²) in [5.41, 5.74) is -2.03. The molecule has 0 spiro atoms. The summed E-state index contributed by atoms with van der Waals surface area (Å²) in [6.45, 7) is 65.5. The van der Waals surface area contributed by atoms with Crippen molar-refractivity contribution in [3.63, 3.8) is 0 Å². The van der Waals surface area contributed by atoms with Crippen molar-refractivity contribution < 1.29 is 91.4 Å². The number of hydrogen-bond acceptors (Lipinski definition) is 15. The third-order valence-corrected chi connectivity index (χ3v) is 9.56. The van der Waals surface area contributed by atoms with Crippen LogP contribution in [0.1, 0.15) is 202 Å². The molecule has 2 unspecified atom stereocenters. The Bertz CT molecular complexity index is 2510. The van der Waals surface area contributed by atoms with Gasteiger partial charge in [0.15, 0.2) is 0 Å². The number of anilines is 1. The Morgan fingerprint density at radius 3 is 1.02 bits per heavy atom. The van der Waals surface area contributed by atoms with Crippen LogP contribution in [0.15, 0.2) is 94.3 Å². The number of rotatable bonds is 22. The zero-order valence-electron chi connectivity index (χ0n) is 58.5. The van der Waals surface area contributed by atoms with Crippen molar-refractivity contribution in [1.82, 2.24) is 5.32 Å². The molecule has 0 saturated carbocycles. The van der Waals surface area contributed by atoms with Crippen molar-refractivity contribution in [3.8, 4) is 17.2 Å². The van der Waals surface area contributed by atoms with Crippen LogP contribution >= 0.6 is 0 Å². The third-order valence-electron chi connectivity index (χ3n) is 7.87. The van der Waals surface area contributed by atoms with E-state index in [4.69, 9.17) is 33.9 Å². The van der Waals surface area contributed by atoms with E-state index in [9.17, 15) is 43.2 Å². The first-order valence-electron chi connectivity index (χ1n) is 29.5. The molecule has 2 atom stereocenters. The van der Waals surface area contributed by atoms with Crippen LogP contribution in [0.25, 0.3) is 0 Å². The summed E-state index contributed by atoms with van der Waals surface area (Å²) in [5.74, 6) is -2.07. The van der Waals surface area contributed by atoms with Gasteiger partial charge in [0.2, 0.25) is 11.5 Å². The van der Waals surface area contributed by atoms with E-state index in [1.807, 2.05) is 171 Å². The minimum absolute atomic E-state index is 0.0323. The molecule has 0 heterocycles. The SMILES string of the molecule is C/C=C/OC.CC.CC.CC.CC.CC.CC.CC.CC.CC.CCOc1c(OCC)c(=O)c1=O.CNC.[CH-]=C(C=C[CH]=[W])C(C(C)=O)c1c(N(C)C)c(=O)c1=O.[CH-]=C(C=C[CH]=[W])C(C(C)=O)c1c(OCC)c(=O)c1=O.[CH-]=C(C=C[CH]=[W])CC(C)=O. The number of Topliss-reactive ketones (excluding diaryl/α,β-unsaturated/α-hetero) is 3. The van der Waals surface area contributed by atoms with Crippen LogP contribution in [-0.2, 0) is 77.2 Å². The molecule has 18 heteroatoms. The van der Waals surface area contributed by atoms with Crippen LogP contribution in [0.4, 0.5) is 5.69 Å². The molecule has 0 aliphatic carbocycles. The number of ether oxygens (including phenoxy) is 4. The molecule has 3 aromatic rings. The topological polar surface area (TPSA) is 206 Å².